The SMILES string of the molecule is c1ccc(-c2cccc(-n3c4ccccc4c4ccc(-c5ccc6c(c5)c5ccccc5n6-c5cc(-c6ccccc6)cc6c5oc5ccccc56)cc43)c2)cc1. The summed E-state index contributed by atoms with van der Waals surface area (Å²) in [6.07, 6.45) is 0. The first-order valence-corrected chi connectivity index (χ1v) is 19.5. The van der Waals surface area contributed by atoms with Gasteiger partial charge in [-0.05, 0) is 94.0 Å². The van der Waals surface area contributed by atoms with Crippen molar-refractivity contribution in [2.45, 2.75) is 0 Å². The molecule has 12 aromatic rings. The summed E-state index contributed by atoms with van der Waals surface area (Å²) in [4.78, 5) is 0. The quantitative estimate of drug-likeness (QED) is 0.173. The Morgan fingerprint density at radius 1 is 0.281 bits per heavy atom. The summed E-state index contributed by atoms with van der Waals surface area (Å²) in [7, 11) is 0. The first kappa shape index (κ1) is 31.7. The fourth-order valence-corrected chi connectivity index (χ4v) is 9.07. The van der Waals surface area contributed by atoms with Crippen LogP contribution in [0.5, 0.6) is 0 Å². The molecule has 0 radical (unpaired) electrons. The van der Waals surface area contributed by atoms with Gasteiger partial charge in [0.2, 0.25) is 0 Å². The number of rotatable bonds is 5. The molecule has 0 amide bonds. The van der Waals surface area contributed by atoms with Gasteiger partial charge in [0, 0.05) is 38.0 Å². The monoisotopic (exact) mass is 726 g/mol. The molecule has 12 rings (SSSR count). The molecule has 3 aromatic heterocycles. The van der Waals surface area contributed by atoms with Crippen molar-refractivity contribution >= 4 is 65.6 Å². The van der Waals surface area contributed by atoms with Crippen LogP contribution in [0.2, 0.25) is 0 Å². The lowest BCUT2D eigenvalue weighted by Crippen LogP contribution is -1.96. The average Bonchev–Trinajstić information content (AvgIpc) is 3.94. The maximum absolute atomic E-state index is 6.71. The molecule has 0 bridgehead atoms. The lowest BCUT2D eigenvalue weighted by Gasteiger charge is -2.12. The lowest BCUT2D eigenvalue weighted by atomic mass is 10.0. The molecule has 9 aromatic carbocycles. The minimum absolute atomic E-state index is 0.886. The van der Waals surface area contributed by atoms with Crippen molar-refractivity contribution in [2.75, 3.05) is 0 Å². The highest BCUT2D eigenvalue weighted by atomic mass is 16.3. The van der Waals surface area contributed by atoms with Gasteiger partial charge in [0.25, 0.3) is 0 Å². The Morgan fingerprint density at radius 3 is 1.61 bits per heavy atom. The molecule has 3 heterocycles. The predicted octanol–water partition coefficient (Wildman–Crippen LogP) is 14.8. The zero-order chi connectivity index (χ0) is 37.5. The van der Waals surface area contributed by atoms with E-state index in [1.165, 1.54) is 60.4 Å². The normalized spacial score (nSPS) is 11.9. The Kier molecular flexibility index (Phi) is 6.93. The molecule has 0 saturated carbocycles. The maximum Gasteiger partial charge on any atom is 0.159 e. The highest BCUT2D eigenvalue weighted by Gasteiger charge is 2.20. The van der Waals surface area contributed by atoms with Crippen molar-refractivity contribution < 1.29 is 4.42 Å². The molecule has 0 N–H and O–H groups in total. The van der Waals surface area contributed by atoms with Crippen LogP contribution in [0.3, 0.4) is 0 Å². The average molecular weight is 727 g/mol. The zero-order valence-electron chi connectivity index (χ0n) is 30.9. The van der Waals surface area contributed by atoms with Gasteiger partial charge in [-0.25, -0.2) is 0 Å². The smallest absolute Gasteiger partial charge is 0.159 e. The first-order valence-electron chi connectivity index (χ1n) is 19.5. The van der Waals surface area contributed by atoms with E-state index in [0.29, 0.717) is 0 Å². The number of furan rings is 1. The molecule has 0 aliphatic carbocycles. The summed E-state index contributed by atoms with van der Waals surface area (Å²) in [6.45, 7) is 0. The van der Waals surface area contributed by atoms with Gasteiger partial charge in [0.05, 0.1) is 27.8 Å². The van der Waals surface area contributed by atoms with Crippen LogP contribution in [-0.4, -0.2) is 9.13 Å². The number of para-hydroxylation sites is 3. The summed E-state index contributed by atoms with van der Waals surface area (Å²) in [5.41, 5.74) is 15.7. The van der Waals surface area contributed by atoms with Crippen LogP contribution in [-0.2, 0) is 0 Å². The second kappa shape index (κ2) is 12.5. The van der Waals surface area contributed by atoms with E-state index in [9.17, 15) is 0 Å². The van der Waals surface area contributed by atoms with Gasteiger partial charge in [-0.15, -0.1) is 0 Å². The fourth-order valence-electron chi connectivity index (χ4n) is 9.07. The molecule has 0 atom stereocenters. The zero-order valence-corrected chi connectivity index (χ0v) is 30.9. The molecule has 0 spiro atoms. The van der Waals surface area contributed by atoms with Crippen LogP contribution in [0.1, 0.15) is 0 Å². The number of fused-ring (bicyclic) bond motifs is 9. The molecule has 0 fully saturated rings. The summed E-state index contributed by atoms with van der Waals surface area (Å²) >= 11 is 0. The topological polar surface area (TPSA) is 23.0 Å². The third kappa shape index (κ3) is 4.92. The van der Waals surface area contributed by atoms with Crippen LogP contribution < -0.4 is 0 Å². The number of aromatic nitrogens is 2. The number of hydrogen-bond donors (Lipinski definition) is 0. The first-order chi connectivity index (χ1) is 28.3. The van der Waals surface area contributed by atoms with E-state index in [1.807, 2.05) is 6.07 Å². The van der Waals surface area contributed by atoms with Crippen molar-refractivity contribution in [3.8, 4) is 44.8 Å². The summed E-state index contributed by atoms with van der Waals surface area (Å²) in [5.74, 6) is 0. The lowest BCUT2D eigenvalue weighted by molar-refractivity contribution is 0.666. The molecular weight excluding hydrogens is 693 g/mol. The van der Waals surface area contributed by atoms with Crippen LogP contribution in [0, 0.1) is 0 Å². The Hall–Kier alpha value is -7.62. The fraction of sp³-hybridized carbons (Fsp3) is 0. The second-order valence-corrected chi connectivity index (χ2v) is 14.9. The molecule has 0 aliphatic heterocycles. The standard InChI is InChI=1S/C54H34N2O/c1-3-14-35(15-4-1)37-18-13-19-41(30-37)55-48-23-10-7-20-42(48)44-28-26-39(33-51(44)55)38-27-29-50-46(31-38)43-21-8-11-24-49(43)56(50)52-34-40(36-16-5-2-6-17-36)32-47-45-22-9-12-25-53(45)57-54(47)52/h1-34H. The summed E-state index contributed by atoms with van der Waals surface area (Å²) in [6, 6.07) is 74.5. The Labute approximate surface area is 328 Å². The van der Waals surface area contributed by atoms with Crippen LogP contribution >= 0.6 is 0 Å². The summed E-state index contributed by atoms with van der Waals surface area (Å²) < 4.78 is 11.5. The van der Waals surface area contributed by atoms with Crippen LogP contribution in [0.15, 0.2) is 211 Å². The maximum atomic E-state index is 6.71. The van der Waals surface area contributed by atoms with Crippen molar-refractivity contribution in [3.63, 3.8) is 0 Å². The van der Waals surface area contributed by atoms with Gasteiger partial charge >= 0.3 is 0 Å². The molecule has 266 valence electrons. The van der Waals surface area contributed by atoms with Crippen molar-refractivity contribution in [1.82, 2.24) is 9.13 Å². The molecule has 0 unspecified atom stereocenters. The Bertz CT molecular complexity index is 3510. The third-order valence-corrected chi connectivity index (χ3v) is 11.7. The van der Waals surface area contributed by atoms with Gasteiger partial charge in [0.15, 0.2) is 5.58 Å². The molecule has 3 nitrogen and oxygen atoms in total. The summed E-state index contributed by atoms with van der Waals surface area (Å²) in [5, 5.41) is 7.13. The largest absolute Gasteiger partial charge is 0.454 e. The van der Waals surface area contributed by atoms with Gasteiger partial charge in [-0.3, -0.25) is 0 Å². The molecule has 3 heteroatoms. The van der Waals surface area contributed by atoms with Crippen LogP contribution in [0.25, 0.3) is 110 Å². The van der Waals surface area contributed by atoms with E-state index in [2.05, 4.69) is 209 Å². The van der Waals surface area contributed by atoms with Gasteiger partial charge < -0.3 is 13.6 Å². The van der Waals surface area contributed by atoms with Gasteiger partial charge in [-0.2, -0.15) is 0 Å². The second-order valence-electron chi connectivity index (χ2n) is 14.9. The van der Waals surface area contributed by atoms with Crippen molar-refractivity contribution in [2.24, 2.45) is 0 Å². The van der Waals surface area contributed by atoms with E-state index in [4.69, 9.17) is 4.42 Å². The Balaban J connectivity index is 1.07. The van der Waals surface area contributed by atoms with Crippen molar-refractivity contribution in [1.29, 1.82) is 0 Å². The minimum Gasteiger partial charge on any atom is -0.454 e. The van der Waals surface area contributed by atoms with Crippen molar-refractivity contribution in [3.05, 3.63) is 206 Å². The Morgan fingerprint density at radius 2 is 0.825 bits per heavy atom. The third-order valence-electron chi connectivity index (χ3n) is 11.7. The van der Waals surface area contributed by atoms with Crippen LogP contribution in [0.4, 0.5) is 0 Å². The minimum atomic E-state index is 0.886. The number of hydrogen-bond acceptors (Lipinski definition) is 1. The highest BCUT2D eigenvalue weighted by molar-refractivity contribution is 6.15. The van der Waals surface area contributed by atoms with E-state index < -0.39 is 0 Å². The van der Waals surface area contributed by atoms with E-state index in [1.54, 1.807) is 0 Å². The van der Waals surface area contributed by atoms with E-state index in [0.717, 1.165) is 49.9 Å². The van der Waals surface area contributed by atoms with E-state index in [-0.39, 0.29) is 0 Å². The highest BCUT2D eigenvalue weighted by Crippen LogP contribution is 2.42. The van der Waals surface area contributed by atoms with Gasteiger partial charge in [0.1, 0.15) is 5.58 Å². The number of benzene rings is 9. The van der Waals surface area contributed by atoms with E-state index >= 15 is 0 Å². The van der Waals surface area contributed by atoms with Gasteiger partial charge in [-0.1, -0.05) is 146 Å². The molecule has 0 saturated heterocycles. The molecule has 0 aliphatic rings. The molecule has 57 heavy (non-hydrogen) atoms. The predicted molar refractivity (Wildman–Crippen MR) is 239 cm³/mol. The number of nitrogens with zero attached hydrogens (tertiary/aromatic N) is 2. The molecular formula is C54H34N2O.